The number of unbranched alkanes of at least 4 members (excludes halogenated alkanes) is 1. The van der Waals surface area contributed by atoms with Gasteiger partial charge in [-0.05, 0) is 90.6 Å². The summed E-state index contributed by atoms with van der Waals surface area (Å²) in [5.41, 5.74) is 19.7. The SMILES string of the molecule is CC(C)CCOc1ccc2ccccc2c1-c1c(OCC(=O)C[C@H](CCCCN)C(=O)N[C@H](CCCN=C(N)N)C(=O)C[C@@H](CC(C)C)c2ncc(-c3ccccc3)o2)ccc2ccccc12. The predicted octanol–water partition coefficient (Wildman–Crippen LogP) is 10.2. The van der Waals surface area contributed by atoms with Gasteiger partial charge in [-0.3, -0.25) is 19.4 Å². The number of oxazole rings is 1. The highest BCUT2D eigenvalue weighted by Gasteiger charge is 2.31. The number of nitrogens with zero attached hydrogens (tertiary/aromatic N) is 2. The third kappa shape index (κ3) is 14.2. The lowest BCUT2D eigenvalue weighted by molar-refractivity contribution is -0.133. The fraction of sp³-hybridized carbons (Fsp3) is 0.400. The zero-order valence-corrected chi connectivity index (χ0v) is 39.5. The molecule has 354 valence electrons. The van der Waals surface area contributed by atoms with E-state index in [9.17, 15) is 14.4 Å². The number of carbonyl (C=O) groups excluding carboxylic acids is 3. The molecular weight excluding hydrogens is 841 g/mol. The molecule has 3 atom stereocenters. The Balaban J connectivity index is 1.23. The van der Waals surface area contributed by atoms with Crippen molar-refractivity contribution >= 4 is 45.0 Å². The van der Waals surface area contributed by atoms with Gasteiger partial charge in [0.05, 0.1) is 18.8 Å². The standard InChI is InChI=1S/C55H68N6O6/c1-36(2)27-30-65-48-25-23-38-15-8-10-20-44(38)51(48)52-45-21-11-9-16-39(45)24-26-49(52)66-35-43(62)32-41(19-12-13-28-56)53(64)61-46(22-14-29-59-55(57)58)47(63)33-42(31-37(3)4)54-60-34-50(67-54)40-17-6-5-7-18-40/h5-11,15-18,20-21,23-26,34,36-37,41-42,46H,12-14,19,22,27-33,35,56H2,1-4H3,(H,61,64)(H4,57,58,59)/t41-,42+,46+/m0/s1. The van der Waals surface area contributed by atoms with E-state index in [1.165, 1.54) is 0 Å². The molecule has 0 fully saturated rings. The molecule has 12 nitrogen and oxygen atoms in total. The van der Waals surface area contributed by atoms with Gasteiger partial charge in [0.2, 0.25) is 5.91 Å². The van der Waals surface area contributed by atoms with Crippen LogP contribution in [0.2, 0.25) is 0 Å². The minimum Gasteiger partial charge on any atom is -0.493 e. The van der Waals surface area contributed by atoms with Gasteiger partial charge in [-0.15, -0.1) is 0 Å². The van der Waals surface area contributed by atoms with Crippen molar-refractivity contribution in [1.82, 2.24) is 10.3 Å². The van der Waals surface area contributed by atoms with E-state index in [1.807, 2.05) is 72.8 Å². The molecule has 6 rings (SSSR count). The third-order valence-corrected chi connectivity index (χ3v) is 12.0. The molecule has 7 N–H and O–H groups in total. The summed E-state index contributed by atoms with van der Waals surface area (Å²) in [5.74, 6) is 1.19. The molecule has 6 aromatic rings. The van der Waals surface area contributed by atoms with Crippen molar-refractivity contribution in [2.45, 2.75) is 97.4 Å². The van der Waals surface area contributed by atoms with E-state index in [4.69, 9.17) is 31.1 Å². The quantitative estimate of drug-likeness (QED) is 0.0219. The van der Waals surface area contributed by atoms with Gasteiger partial charge in [-0.1, -0.05) is 125 Å². The Kier molecular flexibility index (Phi) is 18.5. The van der Waals surface area contributed by atoms with Gasteiger partial charge in [-0.25, -0.2) is 4.98 Å². The number of nitrogens with two attached hydrogens (primary N) is 3. The van der Waals surface area contributed by atoms with Crippen LogP contribution in [-0.4, -0.2) is 60.8 Å². The van der Waals surface area contributed by atoms with E-state index < -0.39 is 12.0 Å². The normalized spacial score (nSPS) is 12.8. The largest absolute Gasteiger partial charge is 0.493 e. The van der Waals surface area contributed by atoms with Crippen LogP contribution in [0, 0.1) is 17.8 Å². The van der Waals surface area contributed by atoms with Crippen LogP contribution in [0.5, 0.6) is 11.5 Å². The molecule has 0 saturated heterocycles. The summed E-state index contributed by atoms with van der Waals surface area (Å²) in [4.78, 5) is 51.5. The molecule has 0 saturated carbocycles. The number of ketones is 2. The molecule has 0 radical (unpaired) electrons. The van der Waals surface area contributed by atoms with Crippen LogP contribution < -0.4 is 32.0 Å². The van der Waals surface area contributed by atoms with Crippen LogP contribution in [0.25, 0.3) is 44.0 Å². The number of fused-ring (bicyclic) bond motifs is 2. The highest BCUT2D eigenvalue weighted by molar-refractivity contribution is 6.10. The van der Waals surface area contributed by atoms with Crippen molar-refractivity contribution < 1.29 is 28.3 Å². The first kappa shape index (κ1) is 49.9. The number of ether oxygens (including phenoxy) is 2. The molecule has 1 amide bonds. The summed E-state index contributed by atoms with van der Waals surface area (Å²) in [6.07, 6.45) is 5.71. The molecule has 0 aliphatic heterocycles. The molecule has 0 aliphatic carbocycles. The van der Waals surface area contributed by atoms with Crippen LogP contribution in [-0.2, 0) is 14.4 Å². The average molecular weight is 909 g/mol. The molecule has 0 spiro atoms. The highest BCUT2D eigenvalue weighted by atomic mass is 16.5. The maximum atomic E-state index is 14.4. The number of aromatic nitrogens is 1. The number of nitrogens with one attached hydrogen (secondary N) is 1. The molecule has 1 aromatic heterocycles. The molecule has 0 bridgehead atoms. The Bertz CT molecular complexity index is 2580. The molecule has 67 heavy (non-hydrogen) atoms. The van der Waals surface area contributed by atoms with E-state index >= 15 is 0 Å². The maximum absolute atomic E-state index is 14.4. The second-order valence-electron chi connectivity index (χ2n) is 18.3. The fourth-order valence-corrected chi connectivity index (χ4v) is 8.56. The van der Waals surface area contributed by atoms with Gasteiger partial charge in [0.15, 0.2) is 29.2 Å². The summed E-state index contributed by atoms with van der Waals surface area (Å²) < 4.78 is 19.3. The number of aliphatic imine (C=N–C) groups is 1. The van der Waals surface area contributed by atoms with Crippen LogP contribution in [0.1, 0.15) is 97.3 Å². The molecule has 12 heteroatoms. The van der Waals surface area contributed by atoms with Crippen LogP contribution in [0.4, 0.5) is 0 Å². The third-order valence-electron chi connectivity index (χ3n) is 12.0. The monoisotopic (exact) mass is 909 g/mol. The predicted molar refractivity (Wildman–Crippen MR) is 269 cm³/mol. The van der Waals surface area contributed by atoms with Crippen LogP contribution >= 0.6 is 0 Å². The van der Waals surface area contributed by atoms with Crippen molar-refractivity contribution in [3.63, 3.8) is 0 Å². The van der Waals surface area contributed by atoms with E-state index in [0.717, 1.165) is 50.4 Å². The number of carbonyl (C=O) groups is 3. The Morgan fingerprint density at radius 1 is 0.716 bits per heavy atom. The van der Waals surface area contributed by atoms with Gasteiger partial charge >= 0.3 is 0 Å². The smallest absolute Gasteiger partial charge is 0.224 e. The van der Waals surface area contributed by atoms with Crippen molar-refractivity contribution in [2.24, 2.45) is 39.9 Å². The first-order valence-electron chi connectivity index (χ1n) is 23.8. The minimum absolute atomic E-state index is 0.0499. The summed E-state index contributed by atoms with van der Waals surface area (Å²) in [7, 11) is 0. The highest BCUT2D eigenvalue weighted by Crippen LogP contribution is 2.45. The first-order chi connectivity index (χ1) is 32.4. The second kappa shape index (κ2) is 24.8. The number of guanidine groups is 1. The summed E-state index contributed by atoms with van der Waals surface area (Å²) >= 11 is 0. The Hall–Kier alpha value is -6.53. The number of benzene rings is 5. The van der Waals surface area contributed by atoms with Crippen molar-refractivity contribution in [3.05, 3.63) is 115 Å². The lowest BCUT2D eigenvalue weighted by Gasteiger charge is -2.24. The molecule has 5 aromatic carbocycles. The number of hydrogen-bond donors (Lipinski definition) is 4. The summed E-state index contributed by atoms with van der Waals surface area (Å²) in [6.45, 7) is 9.54. The van der Waals surface area contributed by atoms with E-state index in [0.29, 0.717) is 75.0 Å². The van der Waals surface area contributed by atoms with Crippen molar-refractivity contribution in [2.75, 3.05) is 26.3 Å². The molecule has 0 aliphatic rings. The molecule has 0 unspecified atom stereocenters. The first-order valence-corrected chi connectivity index (χ1v) is 23.8. The minimum atomic E-state index is -0.860. The van der Waals surface area contributed by atoms with E-state index in [1.54, 1.807) is 6.20 Å². The summed E-state index contributed by atoms with van der Waals surface area (Å²) in [6, 6.07) is 33.1. The van der Waals surface area contributed by atoms with E-state index in [2.05, 4.69) is 73.3 Å². The fourth-order valence-electron chi connectivity index (χ4n) is 8.56. The topological polar surface area (TPSA) is 198 Å². The lowest BCUT2D eigenvalue weighted by atomic mass is 9.89. The van der Waals surface area contributed by atoms with Gasteiger partial charge in [0.1, 0.15) is 18.1 Å². The summed E-state index contributed by atoms with van der Waals surface area (Å²) in [5, 5.41) is 7.09. The molecule has 1 heterocycles. The van der Waals surface area contributed by atoms with Crippen LogP contribution in [0.3, 0.4) is 0 Å². The van der Waals surface area contributed by atoms with Crippen molar-refractivity contribution in [3.8, 4) is 33.9 Å². The number of hydrogen-bond acceptors (Lipinski definition) is 9. The zero-order chi connectivity index (χ0) is 47.7. The van der Waals surface area contributed by atoms with Gasteiger partial charge < -0.3 is 36.4 Å². The average Bonchev–Trinajstić information content (AvgIpc) is 3.82. The Labute approximate surface area is 395 Å². The van der Waals surface area contributed by atoms with Crippen molar-refractivity contribution in [1.29, 1.82) is 0 Å². The van der Waals surface area contributed by atoms with Gasteiger partial charge in [-0.2, -0.15) is 0 Å². The number of Topliss-reactive ketones (excluding diaryl/α,β-unsaturated/α-hetero) is 2. The van der Waals surface area contributed by atoms with Gasteiger partial charge in [0, 0.05) is 47.9 Å². The maximum Gasteiger partial charge on any atom is 0.224 e. The lowest BCUT2D eigenvalue weighted by Crippen LogP contribution is -2.45. The number of rotatable bonds is 27. The molecular formula is C55H68N6O6. The van der Waals surface area contributed by atoms with Crippen LogP contribution in [0.15, 0.2) is 119 Å². The zero-order valence-electron chi connectivity index (χ0n) is 39.5. The second-order valence-corrected chi connectivity index (χ2v) is 18.3. The Morgan fingerprint density at radius 3 is 1.99 bits per heavy atom. The van der Waals surface area contributed by atoms with E-state index in [-0.39, 0.29) is 61.3 Å². The van der Waals surface area contributed by atoms with Gasteiger partial charge in [0.25, 0.3) is 0 Å². The Morgan fingerprint density at radius 2 is 1.36 bits per heavy atom. The number of amides is 1.